The molecule has 1 heterocycles. The molecule has 3 heteroatoms. The highest BCUT2D eigenvalue weighted by Gasteiger charge is 2.02. The second-order valence-corrected chi connectivity index (χ2v) is 2.92. The predicted molar refractivity (Wildman–Crippen MR) is 50.0 cm³/mol. The van der Waals surface area contributed by atoms with Gasteiger partial charge >= 0.3 is 0 Å². The normalized spacial score (nSPS) is 9.54. The first-order chi connectivity index (χ1) is 6.38. The average molecular weight is 175 g/mol. The summed E-state index contributed by atoms with van der Waals surface area (Å²) in [6.07, 6.45) is 7.52. The summed E-state index contributed by atoms with van der Waals surface area (Å²) in [7, 11) is 0. The Kier molecular flexibility index (Phi) is 3.90. The van der Waals surface area contributed by atoms with E-state index in [9.17, 15) is 0 Å². The van der Waals surface area contributed by atoms with E-state index in [0.717, 1.165) is 18.5 Å². The van der Waals surface area contributed by atoms with Gasteiger partial charge in [0.05, 0.1) is 5.69 Å². The van der Waals surface area contributed by atoms with Crippen LogP contribution in [0.3, 0.4) is 0 Å². The number of hydrogen-bond donors (Lipinski definition) is 0. The Bertz CT molecular complexity index is 301. The van der Waals surface area contributed by atoms with Crippen LogP contribution in [0.5, 0.6) is 0 Å². The van der Waals surface area contributed by atoms with Crippen molar-refractivity contribution < 1.29 is 0 Å². The fourth-order valence-electron chi connectivity index (χ4n) is 1.19. The highest BCUT2D eigenvalue weighted by atomic mass is 14.8. The third-order valence-electron chi connectivity index (χ3n) is 1.90. The molecular weight excluding hydrogens is 162 g/mol. The van der Waals surface area contributed by atoms with E-state index in [4.69, 9.17) is 5.26 Å². The van der Waals surface area contributed by atoms with Crippen LogP contribution in [0.25, 0.3) is 0 Å². The van der Waals surface area contributed by atoms with Gasteiger partial charge in [-0.2, -0.15) is 5.26 Å². The van der Waals surface area contributed by atoms with Crippen molar-refractivity contribution in [1.82, 2.24) is 9.97 Å². The molecule has 0 N–H and O–H groups in total. The highest BCUT2D eigenvalue weighted by molar-refractivity contribution is 5.24. The summed E-state index contributed by atoms with van der Waals surface area (Å²) in [4.78, 5) is 8.09. The smallest absolute Gasteiger partial charge is 0.161 e. The molecule has 68 valence electrons. The molecule has 0 spiro atoms. The van der Waals surface area contributed by atoms with Crippen LogP contribution in [0.2, 0.25) is 0 Å². The maximum absolute atomic E-state index is 8.72. The molecule has 0 fully saturated rings. The van der Waals surface area contributed by atoms with Gasteiger partial charge in [-0.3, -0.25) is 4.98 Å². The van der Waals surface area contributed by atoms with Crippen LogP contribution >= 0.6 is 0 Å². The second-order valence-electron chi connectivity index (χ2n) is 2.92. The quantitative estimate of drug-likeness (QED) is 0.658. The molecule has 0 amide bonds. The van der Waals surface area contributed by atoms with Crippen LogP contribution in [-0.4, -0.2) is 9.97 Å². The van der Waals surface area contributed by atoms with Crippen LogP contribution < -0.4 is 0 Å². The number of hydrogen-bond acceptors (Lipinski definition) is 3. The van der Waals surface area contributed by atoms with Gasteiger partial charge in [-0.1, -0.05) is 19.8 Å². The first-order valence-electron chi connectivity index (χ1n) is 4.58. The minimum Gasteiger partial charge on any atom is -0.257 e. The number of aryl methyl sites for hydroxylation is 1. The first-order valence-corrected chi connectivity index (χ1v) is 4.58. The molecule has 0 bridgehead atoms. The summed E-state index contributed by atoms with van der Waals surface area (Å²) in [6, 6.07) is 2.05. The summed E-state index contributed by atoms with van der Waals surface area (Å²) < 4.78 is 0. The molecule has 0 aliphatic carbocycles. The molecule has 0 aromatic carbocycles. The average Bonchev–Trinajstić information content (AvgIpc) is 2.19. The Morgan fingerprint density at radius 3 is 2.77 bits per heavy atom. The van der Waals surface area contributed by atoms with Crippen molar-refractivity contribution >= 4 is 0 Å². The molecule has 0 saturated heterocycles. The molecule has 1 aromatic heterocycles. The topological polar surface area (TPSA) is 49.6 Å². The molecule has 1 rings (SSSR count). The van der Waals surface area contributed by atoms with Gasteiger partial charge in [-0.05, 0) is 12.8 Å². The van der Waals surface area contributed by atoms with Crippen molar-refractivity contribution in [2.24, 2.45) is 0 Å². The van der Waals surface area contributed by atoms with Gasteiger partial charge in [0.2, 0.25) is 0 Å². The van der Waals surface area contributed by atoms with Gasteiger partial charge in [-0.25, -0.2) is 4.98 Å². The van der Waals surface area contributed by atoms with E-state index in [1.807, 2.05) is 6.07 Å². The van der Waals surface area contributed by atoms with Crippen LogP contribution in [0.15, 0.2) is 12.4 Å². The van der Waals surface area contributed by atoms with E-state index >= 15 is 0 Å². The van der Waals surface area contributed by atoms with E-state index in [1.165, 1.54) is 12.8 Å². The Morgan fingerprint density at radius 1 is 1.31 bits per heavy atom. The SMILES string of the molecule is CCCCCc1nccnc1C#N. The van der Waals surface area contributed by atoms with Gasteiger partial charge in [-0.15, -0.1) is 0 Å². The monoisotopic (exact) mass is 175 g/mol. The zero-order valence-electron chi connectivity index (χ0n) is 7.82. The molecule has 0 atom stereocenters. The highest BCUT2D eigenvalue weighted by Crippen LogP contribution is 2.06. The van der Waals surface area contributed by atoms with E-state index < -0.39 is 0 Å². The third-order valence-corrected chi connectivity index (χ3v) is 1.90. The van der Waals surface area contributed by atoms with E-state index in [-0.39, 0.29) is 0 Å². The van der Waals surface area contributed by atoms with Gasteiger partial charge in [0.1, 0.15) is 6.07 Å². The summed E-state index contributed by atoms with van der Waals surface area (Å²) in [6.45, 7) is 2.15. The standard InChI is InChI=1S/C10H13N3/c1-2-3-4-5-9-10(8-11)13-7-6-12-9/h6-7H,2-5H2,1H3. The number of rotatable bonds is 4. The van der Waals surface area contributed by atoms with Crippen LogP contribution in [-0.2, 0) is 6.42 Å². The lowest BCUT2D eigenvalue weighted by Gasteiger charge is -1.99. The Balaban J connectivity index is 2.60. The molecule has 13 heavy (non-hydrogen) atoms. The van der Waals surface area contributed by atoms with Crippen LogP contribution in [0.4, 0.5) is 0 Å². The molecule has 1 aromatic rings. The maximum atomic E-state index is 8.72. The number of unbranched alkanes of at least 4 members (excludes halogenated alkanes) is 2. The number of nitrogens with zero attached hydrogens (tertiary/aromatic N) is 3. The zero-order chi connectivity index (χ0) is 9.52. The third kappa shape index (κ3) is 2.83. The second kappa shape index (κ2) is 5.26. The van der Waals surface area contributed by atoms with E-state index in [0.29, 0.717) is 5.69 Å². The fourth-order valence-corrected chi connectivity index (χ4v) is 1.19. The van der Waals surface area contributed by atoms with Gasteiger partial charge in [0.15, 0.2) is 5.69 Å². The van der Waals surface area contributed by atoms with Crippen LogP contribution in [0.1, 0.15) is 37.6 Å². The van der Waals surface area contributed by atoms with Gasteiger partial charge in [0.25, 0.3) is 0 Å². The predicted octanol–water partition coefficient (Wildman–Crippen LogP) is 2.08. The molecule has 0 saturated carbocycles. The van der Waals surface area contributed by atoms with Crippen molar-refractivity contribution in [3.8, 4) is 6.07 Å². The summed E-state index contributed by atoms with van der Waals surface area (Å²) in [5.41, 5.74) is 1.30. The lowest BCUT2D eigenvalue weighted by molar-refractivity contribution is 0.703. The first kappa shape index (κ1) is 9.66. The summed E-state index contributed by atoms with van der Waals surface area (Å²) in [5.74, 6) is 0. The number of aromatic nitrogens is 2. The molecule has 0 aliphatic rings. The molecular formula is C10H13N3. The van der Waals surface area contributed by atoms with Crippen molar-refractivity contribution in [2.75, 3.05) is 0 Å². The Morgan fingerprint density at radius 2 is 2.08 bits per heavy atom. The molecule has 0 aliphatic heterocycles. The lowest BCUT2D eigenvalue weighted by Crippen LogP contribution is -1.96. The summed E-state index contributed by atoms with van der Waals surface area (Å²) in [5, 5.41) is 8.72. The fraction of sp³-hybridized carbons (Fsp3) is 0.500. The van der Waals surface area contributed by atoms with Crippen molar-refractivity contribution in [2.45, 2.75) is 32.6 Å². The minimum absolute atomic E-state index is 0.471. The zero-order valence-corrected chi connectivity index (χ0v) is 7.82. The van der Waals surface area contributed by atoms with Crippen LogP contribution in [0, 0.1) is 11.3 Å². The van der Waals surface area contributed by atoms with E-state index in [1.54, 1.807) is 12.4 Å². The van der Waals surface area contributed by atoms with Crippen molar-refractivity contribution in [3.63, 3.8) is 0 Å². The Hall–Kier alpha value is -1.43. The summed E-state index contributed by atoms with van der Waals surface area (Å²) >= 11 is 0. The lowest BCUT2D eigenvalue weighted by atomic mass is 10.1. The largest absolute Gasteiger partial charge is 0.257 e. The maximum Gasteiger partial charge on any atom is 0.161 e. The molecule has 0 radical (unpaired) electrons. The molecule has 0 unspecified atom stereocenters. The van der Waals surface area contributed by atoms with Crippen molar-refractivity contribution in [1.29, 1.82) is 5.26 Å². The number of nitriles is 1. The minimum atomic E-state index is 0.471. The molecule has 3 nitrogen and oxygen atoms in total. The van der Waals surface area contributed by atoms with Gasteiger partial charge in [0, 0.05) is 12.4 Å². The Labute approximate surface area is 78.5 Å². The van der Waals surface area contributed by atoms with Crippen molar-refractivity contribution in [3.05, 3.63) is 23.8 Å². The van der Waals surface area contributed by atoms with E-state index in [2.05, 4.69) is 16.9 Å². The van der Waals surface area contributed by atoms with Gasteiger partial charge < -0.3 is 0 Å².